The van der Waals surface area contributed by atoms with Crippen LogP contribution in [0, 0.1) is 0 Å². The first-order valence-electron chi connectivity index (χ1n) is 5.85. The Morgan fingerprint density at radius 1 is 1.37 bits per heavy atom. The highest BCUT2D eigenvalue weighted by atomic mass is 79.9. The number of hydrogen-bond donors (Lipinski definition) is 1. The summed E-state index contributed by atoms with van der Waals surface area (Å²) in [5.74, 6) is 1.44. The summed E-state index contributed by atoms with van der Waals surface area (Å²) in [5, 5.41) is 21.4. The Hall–Kier alpha value is -0.920. The van der Waals surface area contributed by atoms with E-state index < -0.39 is 6.10 Å². The third-order valence-electron chi connectivity index (χ3n) is 2.62. The van der Waals surface area contributed by atoms with Gasteiger partial charge in [-0.25, -0.2) is 4.68 Å². The first-order valence-corrected chi connectivity index (χ1v) is 8.04. The number of thioether (sulfide) groups is 1. The normalized spacial score (nSPS) is 12.6. The van der Waals surface area contributed by atoms with Crippen molar-refractivity contribution in [2.45, 2.75) is 19.1 Å². The molecular formula is C12H15BrN4OS. The molecule has 2 rings (SSSR count). The summed E-state index contributed by atoms with van der Waals surface area (Å²) >= 11 is 5.01. The van der Waals surface area contributed by atoms with Gasteiger partial charge in [0.2, 0.25) is 0 Å². The van der Waals surface area contributed by atoms with Gasteiger partial charge in [-0.2, -0.15) is 11.8 Å². The average molecular weight is 343 g/mol. The van der Waals surface area contributed by atoms with Gasteiger partial charge >= 0.3 is 0 Å². The molecule has 102 valence electrons. The van der Waals surface area contributed by atoms with Gasteiger partial charge in [0.05, 0.1) is 12.6 Å². The van der Waals surface area contributed by atoms with Crippen LogP contribution < -0.4 is 0 Å². The van der Waals surface area contributed by atoms with Gasteiger partial charge in [-0.05, 0) is 34.4 Å². The van der Waals surface area contributed by atoms with Crippen LogP contribution in [0.4, 0.5) is 0 Å². The van der Waals surface area contributed by atoms with Crippen LogP contribution in [0.5, 0.6) is 0 Å². The third kappa shape index (κ3) is 4.29. The largest absolute Gasteiger partial charge is 0.390 e. The minimum Gasteiger partial charge on any atom is -0.390 e. The van der Waals surface area contributed by atoms with E-state index in [0.717, 1.165) is 15.9 Å². The van der Waals surface area contributed by atoms with Gasteiger partial charge in [0.15, 0.2) is 5.82 Å². The molecule has 0 unspecified atom stereocenters. The molecule has 7 heteroatoms. The maximum atomic E-state index is 9.80. The van der Waals surface area contributed by atoms with Crippen LogP contribution in [0.25, 0.3) is 0 Å². The van der Waals surface area contributed by atoms with Crippen molar-refractivity contribution < 1.29 is 5.11 Å². The molecule has 2 aromatic rings. The first-order chi connectivity index (χ1) is 9.19. The topological polar surface area (TPSA) is 63.8 Å². The molecule has 1 atom stereocenters. The van der Waals surface area contributed by atoms with Crippen LogP contribution in [0.2, 0.25) is 0 Å². The highest BCUT2D eigenvalue weighted by Gasteiger charge is 2.11. The van der Waals surface area contributed by atoms with Crippen molar-refractivity contribution in [1.29, 1.82) is 0 Å². The molecule has 0 bridgehead atoms. The SMILES string of the molecule is CSC[C@@H](O)Cn1nnnc1Cc1ccc(Br)cc1. The molecule has 0 saturated heterocycles. The maximum Gasteiger partial charge on any atom is 0.155 e. The summed E-state index contributed by atoms with van der Waals surface area (Å²) in [7, 11) is 0. The molecular weight excluding hydrogens is 328 g/mol. The highest BCUT2D eigenvalue weighted by Crippen LogP contribution is 2.13. The fraction of sp³-hybridized carbons (Fsp3) is 0.417. The number of aromatic nitrogens is 4. The zero-order chi connectivity index (χ0) is 13.7. The van der Waals surface area contributed by atoms with Crippen LogP contribution in [-0.2, 0) is 13.0 Å². The second-order valence-corrected chi connectivity index (χ2v) is 6.02. The van der Waals surface area contributed by atoms with Crippen molar-refractivity contribution in [3.05, 3.63) is 40.1 Å². The van der Waals surface area contributed by atoms with Crippen LogP contribution >= 0.6 is 27.7 Å². The van der Waals surface area contributed by atoms with Crippen molar-refractivity contribution in [2.24, 2.45) is 0 Å². The maximum absolute atomic E-state index is 9.80. The number of rotatable bonds is 6. The summed E-state index contributed by atoms with van der Waals surface area (Å²) < 4.78 is 2.72. The standard InChI is InChI=1S/C12H15BrN4OS/c1-19-8-11(18)7-17-12(14-15-16-17)6-9-2-4-10(13)5-3-9/h2-5,11,18H,6-8H2,1H3/t11-/m0/s1. The molecule has 19 heavy (non-hydrogen) atoms. The molecule has 0 spiro atoms. The average Bonchev–Trinajstić information content (AvgIpc) is 2.80. The smallest absolute Gasteiger partial charge is 0.155 e. The molecule has 0 amide bonds. The van der Waals surface area contributed by atoms with E-state index in [4.69, 9.17) is 0 Å². The second-order valence-electron chi connectivity index (χ2n) is 4.19. The van der Waals surface area contributed by atoms with Crippen LogP contribution in [0.15, 0.2) is 28.7 Å². The zero-order valence-corrected chi connectivity index (χ0v) is 12.9. The number of hydrogen-bond acceptors (Lipinski definition) is 5. The van der Waals surface area contributed by atoms with Gasteiger partial charge in [-0.1, -0.05) is 28.1 Å². The molecule has 0 fully saturated rings. The van der Waals surface area contributed by atoms with E-state index in [1.807, 2.05) is 30.5 Å². The Bertz CT molecular complexity index is 517. The number of aliphatic hydroxyl groups excluding tert-OH is 1. The number of halogens is 1. The first kappa shape index (κ1) is 14.5. The summed E-state index contributed by atoms with van der Waals surface area (Å²) in [5.41, 5.74) is 1.14. The number of nitrogens with zero attached hydrogens (tertiary/aromatic N) is 4. The van der Waals surface area contributed by atoms with Gasteiger partial charge in [-0.15, -0.1) is 5.10 Å². The van der Waals surface area contributed by atoms with E-state index in [-0.39, 0.29) is 0 Å². The predicted octanol–water partition coefficient (Wildman–Crippen LogP) is 1.75. The van der Waals surface area contributed by atoms with E-state index in [9.17, 15) is 5.11 Å². The lowest BCUT2D eigenvalue weighted by Gasteiger charge is -2.10. The number of benzene rings is 1. The fourth-order valence-electron chi connectivity index (χ4n) is 1.72. The van der Waals surface area contributed by atoms with Crippen molar-refractivity contribution >= 4 is 27.7 Å². The zero-order valence-electron chi connectivity index (χ0n) is 10.5. The Morgan fingerprint density at radius 3 is 2.79 bits per heavy atom. The molecule has 0 aliphatic rings. The lowest BCUT2D eigenvalue weighted by atomic mass is 10.1. The van der Waals surface area contributed by atoms with Gasteiger partial charge in [0, 0.05) is 16.6 Å². The number of tetrazole rings is 1. The van der Waals surface area contributed by atoms with E-state index >= 15 is 0 Å². The molecule has 0 saturated carbocycles. The fourth-order valence-corrected chi connectivity index (χ4v) is 2.48. The second kappa shape index (κ2) is 7.02. The molecule has 1 heterocycles. The Balaban J connectivity index is 2.05. The van der Waals surface area contributed by atoms with Crippen molar-refractivity contribution in [3.63, 3.8) is 0 Å². The Kier molecular flexibility index (Phi) is 5.35. The lowest BCUT2D eigenvalue weighted by molar-refractivity contribution is 0.170. The van der Waals surface area contributed by atoms with Crippen LogP contribution in [0.1, 0.15) is 11.4 Å². The number of aliphatic hydroxyl groups is 1. The quantitative estimate of drug-likeness (QED) is 0.866. The van der Waals surface area contributed by atoms with E-state index in [2.05, 4.69) is 31.5 Å². The molecule has 5 nitrogen and oxygen atoms in total. The monoisotopic (exact) mass is 342 g/mol. The summed E-state index contributed by atoms with van der Waals surface area (Å²) in [6.07, 6.45) is 2.19. The predicted molar refractivity (Wildman–Crippen MR) is 79.2 cm³/mol. The van der Waals surface area contributed by atoms with E-state index in [1.54, 1.807) is 16.4 Å². The van der Waals surface area contributed by atoms with Crippen LogP contribution in [0.3, 0.4) is 0 Å². The van der Waals surface area contributed by atoms with E-state index in [0.29, 0.717) is 18.7 Å². The minimum absolute atomic E-state index is 0.429. The van der Waals surface area contributed by atoms with Gasteiger partial charge in [0.25, 0.3) is 0 Å². The van der Waals surface area contributed by atoms with Crippen molar-refractivity contribution in [3.8, 4) is 0 Å². The molecule has 0 aliphatic carbocycles. The summed E-state index contributed by atoms with van der Waals surface area (Å²) in [6.45, 7) is 0.430. The van der Waals surface area contributed by atoms with Gasteiger partial charge in [0.1, 0.15) is 0 Å². The minimum atomic E-state index is -0.429. The molecule has 1 aromatic heterocycles. The Labute approximate surface area is 124 Å². The molecule has 1 N–H and O–H groups in total. The molecule has 0 radical (unpaired) electrons. The van der Waals surface area contributed by atoms with E-state index in [1.165, 1.54) is 0 Å². The van der Waals surface area contributed by atoms with Crippen molar-refractivity contribution in [1.82, 2.24) is 20.2 Å². The summed E-state index contributed by atoms with van der Waals surface area (Å²) in [4.78, 5) is 0. The molecule has 0 aliphatic heterocycles. The molecule has 1 aromatic carbocycles. The van der Waals surface area contributed by atoms with Gasteiger partial charge < -0.3 is 5.11 Å². The third-order valence-corrected chi connectivity index (χ3v) is 3.87. The lowest BCUT2D eigenvalue weighted by Crippen LogP contribution is -2.21. The highest BCUT2D eigenvalue weighted by molar-refractivity contribution is 9.10. The van der Waals surface area contributed by atoms with Gasteiger partial charge in [-0.3, -0.25) is 0 Å². The van der Waals surface area contributed by atoms with Crippen molar-refractivity contribution in [2.75, 3.05) is 12.0 Å². The van der Waals surface area contributed by atoms with Crippen LogP contribution in [-0.4, -0.2) is 43.4 Å². The Morgan fingerprint density at radius 2 is 2.11 bits per heavy atom. The summed E-state index contributed by atoms with van der Waals surface area (Å²) in [6, 6.07) is 8.04.